The number of nitrogens with one attached hydrogen (secondary N) is 1. The van der Waals surface area contributed by atoms with Gasteiger partial charge in [0.05, 0.1) is 12.2 Å². The molecule has 1 aromatic rings. The van der Waals surface area contributed by atoms with Crippen molar-refractivity contribution in [2.45, 2.75) is 32.9 Å². The van der Waals surface area contributed by atoms with Gasteiger partial charge in [-0.1, -0.05) is 0 Å². The summed E-state index contributed by atoms with van der Waals surface area (Å²) in [5.74, 6) is 0. The number of alkyl carbamates (subject to hydrolysis) is 1. The zero-order valence-corrected chi connectivity index (χ0v) is 10.3. The first-order valence-electron chi connectivity index (χ1n) is 4.77. The fourth-order valence-corrected chi connectivity index (χ4v) is 1.55. The number of ether oxygens (including phenoxy) is 1. The van der Waals surface area contributed by atoms with Gasteiger partial charge >= 0.3 is 6.09 Å². The van der Waals surface area contributed by atoms with Crippen LogP contribution >= 0.6 is 11.3 Å². The summed E-state index contributed by atoms with van der Waals surface area (Å²) >= 11 is 1.24. The normalized spacial score (nSPS) is 10.9. The van der Waals surface area contributed by atoms with Crippen molar-refractivity contribution in [2.24, 2.45) is 0 Å². The molecule has 1 heterocycles. The van der Waals surface area contributed by atoms with E-state index in [2.05, 4.69) is 10.3 Å². The maximum atomic E-state index is 11.3. The van der Waals surface area contributed by atoms with Crippen molar-refractivity contribution in [3.63, 3.8) is 0 Å². The monoisotopic (exact) mass is 242 g/mol. The Hall–Kier alpha value is -1.43. The van der Waals surface area contributed by atoms with Crippen molar-refractivity contribution < 1.29 is 14.3 Å². The van der Waals surface area contributed by atoms with E-state index in [1.807, 2.05) is 0 Å². The van der Waals surface area contributed by atoms with Crippen molar-refractivity contribution in [2.75, 3.05) is 0 Å². The number of carbonyl (C=O) groups is 2. The molecule has 0 fully saturated rings. The van der Waals surface area contributed by atoms with Crippen LogP contribution in [-0.2, 0) is 11.3 Å². The van der Waals surface area contributed by atoms with Gasteiger partial charge in [0, 0.05) is 5.38 Å². The molecule has 1 aromatic heterocycles. The van der Waals surface area contributed by atoms with E-state index < -0.39 is 11.7 Å². The minimum absolute atomic E-state index is 0.263. The number of carbonyl (C=O) groups excluding carboxylic acids is 2. The van der Waals surface area contributed by atoms with E-state index in [4.69, 9.17) is 4.74 Å². The standard InChI is InChI=1S/C10H14N2O3S/c1-10(2,3)15-9(14)11-4-7-6-16-8(5-13)12-7/h5-6H,4H2,1-3H3,(H,11,14). The second kappa shape index (κ2) is 5.07. The highest BCUT2D eigenvalue weighted by molar-refractivity contribution is 7.11. The fourth-order valence-electron chi connectivity index (χ4n) is 0.935. The van der Waals surface area contributed by atoms with Gasteiger partial charge < -0.3 is 10.1 Å². The Bertz CT molecular complexity index is 382. The van der Waals surface area contributed by atoms with E-state index in [0.717, 1.165) is 0 Å². The highest BCUT2D eigenvalue weighted by Gasteiger charge is 2.15. The lowest BCUT2D eigenvalue weighted by Crippen LogP contribution is -2.32. The molecule has 88 valence electrons. The average molecular weight is 242 g/mol. The summed E-state index contributed by atoms with van der Waals surface area (Å²) in [6.45, 7) is 5.64. The number of thiazole rings is 1. The number of nitrogens with zero attached hydrogens (tertiary/aromatic N) is 1. The topological polar surface area (TPSA) is 68.3 Å². The first kappa shape index (κ1) is 12.6. The molecule has 0 aliphatic heterocycles. The second-order valence-electron chi connectivity index (χ2n) is 4.15. The van der Waals surface area contributed by atoms with E-state index in [1.165, 1.54) is 11.3 Å². The van der Waals surface area contributed by atoms with Crippen LogP contribution in [-0.4, -0.2) is 23.0 Å². The zero-order valence-electron chi connectivity index (χ0n) is 9.44. The molecule has 16 heavy (non-hydrogen) atoms. The van der Waals surface area contributed by atoms with Crippen LogP contribution in [0, 0.1) is 0 Å². The summed E-state index contributed by atoms with van der Waals surface area (Å²) in [7, 11) is 0. The molecular formula is C10H14N2O3S. The number of aldehydes is 1. The molecule has 0 radical (unpaired) electrons. The van der Waals surface area contributed by atoms with Crippen LogP contribution in [0.25, 0.3) is 0 Å². The van der Waals surface area contributed by atoms with Crippen LogP contribution in [0.15, 0.2) is 5.38 Å². The maximum Gasteiger partial charge on any atom is 0.407 e. The van der Waals surface area contributed by atoms with Crippen molar-refractivity contribution in [1.29, 1.82) is 0 Å². The molecule has 1 amide bonds. The second-order valence-corrected chi connectivity index (χ2v) is 5.04. The lowest BCUT2D eigenvalue weighted by Gasteiger charge is -2.19. The molecule has 0 aliphatic carbocycles. The minimum Gasteiger partial charge on any atom is -0.444 e. The smallest absolute Gasteiger partial charge is 0.407 e. The highest BCUT2D eigenvalue weighted by Crippen LogP contribution is 2.08. The molecule has 0 atom stereocenters. The van der Waals surface area contributed by atoms with Crippen LogP contribution < -0.4 is 5.32 Å². The molecule has 6 heteroatoms. The van der Waals surface area contributed by atoms with Gasteiger partial charge in [-0.25, -0.2) is 9.78 Å². The number of hydrogen-bond donors (Lipinski definition) is 1. The van der Waals surface area contributed by atoms with Crippen LogP contribution in [0.2, 0.25) is 0 Å². The van der Waals surface area contributed by atoms with Crippen molar-refractivity contribution >= 4 is 23.7 Å². The molecule has 0 spiro atoms. The lowest BCUT2D eigenvalue weighted by atomic mass is 10.2. The van der Waals surface area contributed by atoms with Gasteiger partial charge in [0.1, 0.15) is 5.60 Å². The fraction of sp³-hybridized carbons (Fsp3) is 0.500. The number of aromatic nitrogens is 1. The molecule has 0 unspecified atom stereocenters. The summed E-state index contributed by atoms with van der Waals surface area (Å²) < 4.78 is 5.05. The van der Waals surface area contributed by atoms with E-state index in [0.29, 0.717) is 17.0 Å². The van der Waals surface area contributed by atoms with E-state index in [-0.39, 0.29) is 6.54 Å². The Balaban J connectivity index is 2.40. The van der Waals surface area contributed by atoms with Gasteiger partial charge in [0.15, 0.2) is 11.3 Å². The molecule has 0 aromatic carbocycles. The number of rotatable bonds is 3. The molecule has 1 N–H and O–H groups in total. The molecular weight excluding hydrogens is 228 g/mol. The third-order valence-corrected chi connectivity index (χ3v) is 2.30. The molecule has 5 nitrogen and oxygen atoms in total. The Labute approximate surface area is 97.8 Å². The largest absolute Gasteiger partial charge is 0.444 e. The minimum atomic E-state index is -0.514. The molecule has 1 rings (SSSR count). The van der Waals surface area contributed by atoms with Gasteiger partial charge in [-0.05, 0) is 20.8 Å². The Morgan fingerprint density at radius 3 is 2.81 bits per heavy atom. The predicted molar refractivity (Wildman–Crippen MR) is 60.6 cm³/mol. The van der Waals surface area contributed by atoms with Crippen LogP contribution in [0.5, 0.6) is 0 Å². The molecule has 0 saturated heterocycles. The summed E-state index contributed by atoms with van der Waals surface area (Å²) in [6.07, 6.45) is 0.190. The van der Waals surface area contributed by atoms with Crippen LogP contribution in [0.3, 0.4) is 0 Å². The van der Waals surface area contributed by atoms with Gasteiger partial charge in [0.2, 0.25) is 0 Å². The first-order valence-corrected chi connectivity index (χ1v) is 5.65. The van der Waals surface area contributed by atoms with Gasteiger partial charge in [0.25, 0.3) is 0 Å². The summed E-state index contributed by atoms with van der Waals surface area (Å²) in [5.41, 5.74) is 0.137. The molecule has 0 aliphatic rings. The first-order chi connectivity index (χ1) is 7.40. The Morgan fingerprint density at radius 1 is 1.62 bits per heavy atom. The maximum absolute atomic E-state index is 11.3. The molecule has 0 bridgehead atoms. The summed E-state index contributed by atoms with van der Waals surface area (Å²) in [4.78, 5) is 25.6. The quantitative estimate of drug-likeness (QED) is 0.823. The number of amides is 1. The summed E-state index contributed by atoms with van der Waals surface area (Å²) in [6, 6.07) is 0. The van der Waals surface area contributed by atoms with E-state index in [1.54, 1.807) is 26.2 Å². The average Bonchev–Trinajstić information content (AvgIpc) is 2.59. The van der Waals surface area contributed by atoms with Crippen molar-refractivity contribution in [3.05, 3.63) is 16.1 Å². The third-order valence-electron chi connectivity index (χ3n) is 1.48. The van der Waals surface area contributed by atoms with Crippen molar-refractivity contribution in [3.8, 4) is 0 Å². The van der Waals surface area contributed by atoms with E-state index in [9.17, 15) is 9.59 Å². The number of hydrogen-bond acceptors (Lipinski definition) is 5. The molecule has 0 saturated carbocycles. The van der Waals surface area contributed by atoms with Gasteiger partial charge in [-0.2, -0.15) is 0 Å². The predicted octanol–water partition coefficient (Wildman–Crippen LogP) is 1.98. The van der Waals surface area contributed by atoms with E-state index >= 15 is 0 Å². The third kappa shape index (κ3) is 4.39. The Kier molecular flexibility index (Phi) is 4.00. The highest BCUT2D eigenvalue weighted by atomic mass is 32.1. The van der Waals surface area contributed by atoms with Gasteiger partial charge in [-0.15, -0.1) is 11.3 Å². The SMILES string of the molecule is CC(C)(C)OC(=O)NCc1csc(C=O)n1. The van der Waals surface area contributed by atoms with Crippen LogP contribution in [0.4, 0.5) is 4.79 Å². The van der Waals surface area contributed by atoms with Crippen molar-refractivity contribution in [1.82, 2.24) is 10.3 Å². The zero-order chi connectivity index (χ0) is 12.2. The van der Waals surface area contributed by atoms with Gasteiger partial charge in [-0.3, -0.25) is 4.79 Å². The van der Waals surface area contributed by atoms with Crippen LogP contribution in [0.1, 0.15) is 36.3 Å². The lowest BCUT2D eigenvalue weighted by molar-refractivity contribution is 0.0523. The Morgan fingerprint density at radius 2 is 2.31 bits per heavy atom. The summed E-state index contributed by atoms with van der Waals surface area (Å²) in [5, 5.41) is 4.69.